The van der Waals surface area contributed by atoms with Crippen molar-refractivity contribution in [2.45, 2.75) is 45.3 Å². The summed E-state index contributed by atoms with van der Waals surface area (Å²) >= 11 is 0. The zero-order chi connectivity index (χ0) is 16.3. The zero-order valence-electron chi connectivity index (χ0n) is 13.6. The van der Waals surface area contributed by atoms with E-state index in [1.54, 1.807) is 12.1 Å². The first-order valence-electron chi connectivity index (χ1n) is 8.42. The normalized spacial score (nSPS) is 27.6. The van der Waals surface area contributed by atoms with Crippen molar-refractivity contribution in [3.63, 3.8) is 0 Å². The molecule has 0 unspecified atom stereocenters. The van der Waals surface area contributed by atoms with E-state index >= 15 is 0 Å². The van der Waals surface area contributed by atoms with Crippen molar-refractivity contribution >= 4 is 0 Å². The van der Waals surface area contributed by atoms with E-state index in [2.05, 4.69) is 11.8 Å². The molecule has 0 amide bonds. The summed E-state index contributed by atoms with van der Waals surface area (Å²) in [6.07, 6.45) is 1.67. The Labute approximate surface area is 136 Å². The Morgan fingerprint density at radius 1 is 1.26 bits per heavy atom. The largest absolute Gasteiger partial charge is 0.488 e. The van der Waals surface area contributed by atoms with Crippen LogP contribution in [0.15, 0.2) is 24.3 Å². The van der Waals surface area contributed by atoms with Gasteiger partial charge < -0.3 is 9.47 Å². The molecule has 0 atom stereocenters. The highest BCUT2D eigenvalue weighted by Gasteiger charge is 2.48. The number of hydrogen-bond acceptors (Lipinski definition) is 3. The molecule has 1 aliphatic carbocycles. The molecular weight excluding hydrogens is 300 g/mol. The standard InChI is InChI=1S/C18H25F2NO2/c1-2-22-16-9-18(10-16)7-8-21(13-18)11-14-3-5-15(6-4-14)23-12-17(19)20/h3-6,16-17H,2,7-13H2,1H3. The molecule has 5 heteroatoms. The van der Waals surface area contributed by atoms with E-state index < -0.39 is 13.0 Å². The summed E-state index contributed by atoms with van der Waals surface area (Å²) in [5.41, 5.74) is 1.67. The van der Waals surface area contributed by atoms with Crippen LogP contribution in [0.1, 0.15) is 31.7 Å². The average molecular weight is 325 g/mol. The zero-order valence-corrected chi connectivity index (χ0v) is 13.6. The Hall–Kier alpha value is -1.20. The summed E-state index contributed by atoms with van der Waals surface area (Å²) in [4.78, 5) is 2.48. The predicted molar refractivity (Wildman–Crippen MR) is 84.9 cm³/mol. The van der Waals surface area contributed by atoms with E-state index in [0.717, 1.165) is 26.2 Å². The number of nitrogens with zero attached hydrogens (tertiary/aromatic N) is 1. The Kier molecular flexibility index (Phi) is 5.17. The SMILES string of the molecule is CCOC1CC2(CCN(Cc3ccc(OCC(F)F)cc3)C2)C1. The maximum atomic E-state index is 12.1. The summed E-state index contributed by atoms with van der Waals surface area (Å²) in [5.74, 6) is 0.505. The van der Waals surface area contributed by atoms with Gasteiger partial charge in [-0.15, -0.1) is 0 Å². The molecule has 2 fully saturated rings. The minimum absolute atomic E-state index is 0.464. The van der Waals surface area contributed by atoms with Gasteiger partial charge in [-0.3, -0.25) is 4.90 Å². The summed E-state index contributed by atoms with van der Waals surface area (Å²) in [6, 6.07) is 7.49. The van der Waals surface area contributed by atoms with Crippen molar-refractivity contribution in [3.05, 3.63) is 29.8 Å². The number of ether oxygens (including phenoxy) is 2. The number of hydrogen-bond donors (Lipinski definition) is 0. The molecule has 1 aromatic rings. The molecule has 1 heterocycles. The van der Waals surface area contributed by atoms with Crippen LogP contribution in [0.2, 0.25) is 0 Å². The number of halogens is 2. The van der Waals surface area contributed by atoms with Gasteiger partial charge in [-0.25, -0.2) is 8.78 Å². The second-order valence-electron chi connectivity index (χ2n) is 6.79. The summed E-state index contributed by atoms with van der Waals surface area (Å²) in [6.45, 7) is 5.50. The third-order valence-corrected chi connectivity index (χ3v) is 4.95. The van der Waals surface area contributed by atoms with E-state index in [0.29, 0.717) is 17.3 Å². The number of benzene rings is 1. The average Bonchev–Trinajstić information content (AvgIpc) is 2.90. The molecule has 0 aromatic heterocycles. The van der Waals surface area contributed by atoms with Crippen LogP contribution in [0.3, 0.4) is 0 Å². The van der Waals surface area contributed by atoms with Crippen LogP contribution < -0.4 is 4.74 Å². The molecule has 0 bridgehead atoms. The third-order valence-electron chi connectivity index (χ3n) is 4.95. The van der Waals surface area contributed by atoms with Gasteiger partial charge in [-0.2, -0.15) is 0 Å². The van der Waals surface area contributed by atoms with E-state index in [-0.39, 0.29) is 0 Å². The van der Waals surface area contributed by atoms with E-state index in [4.69, 9.17) is 9.47 Å². The highest BCUT2D eigenvalue weighted by Crippen LogP contribution is 2.49. The van der Waals surface area contributed by atoms with E-state index in [9.17, 15) is 8.78 Å². The smallest absolute Gasteiger partial charge is 0.272 e. The minimum atomic E-state index is -2.43. The van der Waals surface area contributed by atoms with Gasteiger partial charge in [0, 0.05) is 19.7 Å². The van der Waals surface area contributed by atoms with Gasteiger partial charge in [0.25, 0.3) is 6.43 Å². The summed E-state index contributed by atoms with van der Waals surface area (Å²) in [7, 11) is 0. The maximum Gasteiger partial charge on any atom is 0.272 e. The van der Waals surface area contributed by atoms with Gasteiger partial charge in [0.2, 0.25) is 0 Å². The van der Waals surface area contributed by atoms with Crippen molar-refractivity contribution in [2.24, 2.45) is 5.41 Å². The predicted octanol–water partition coefficient (Wildman–Crippen LogP) is 3.72. The molecule has 0 radical (unpaired) electrons. The van der Waals surface area contributed by atoms with Crippen molar-refractivity contribution < 1.29 is 18.3 Å². The third kappa shape index (κ3) is 4.21. The first kappa shape index (κ1) is 16.7. The molecule has 1 saturated heterocycles. The molecule has 3 rings (SSSR count). The Morgan fingerprint density at radius 3 is 2.65 bits per heavy atom. The maximum absolute atomic E-state index is 12.1. The number of likely N-dealkylation sites (tertiary alicyclic amines) is 1. The highest BCUT2D eigenvalue weighted by molar-refractivity contribution is 5.27. The van der Waals surface area contributed by atoms with Gasteiger partial charge in [0.1, 0.15) is 12.4 Å². The van der Waals surface area contributed by atoms with Crippen LogP contribution in [-0.4, -0.2) is 43.7 Å². The Bertz CT molecular complexity index is 500. The molecule has 1 aliphatic heterocycles. The lowest BCUT2D eigenvalue weighted by atomic mass is 9.66. The van der Waals surface area contributed by atoms with Crippen molar-refractivity contribution in [1.82, 2.24) is 4.90 Å². The monoisotopic (exact) mass is 325 g/mol. The lowest BCUT2D eigenvalue weighted by Crippen LogP contribution is -2.44. The number of alkyl halides is 2. The van der Waals surface area contributed by atoms with Gasteiger partial charge in [0.15, 0.2) is 0 Å². The highest BCUT2D eigenvalue weighted by atomic mass is 19.3. The van der Waals surface area contributed by atoms with Crippen LogP contribution in [0, 0.1) is 5.41 Å². The molecule has 3 nitrogen and oxygen atoms in total. The van der Waals surface area contributed by atoms with E-state index in [1.807, 2.05) is 12.1 Å². The van der Waals surface area contributed by atoms with Crippen LogP contribution >= 0.6 is 0 Å². The van der Waals surface area contributed by atoms with E-state index in [1.165, 1.54) is 24.8 Å². The molecule has 1 spiro atoms. The van der Waals surface area contributed by atoms with Gasteiger partial charge >= 0.3 is 0 Å². The molecule has 2 aliphatic rings. The second-order valence-corrected chi connectivity index (χ2v) is 6.79. The lowest BCUT2D eigenvalue weighted by molar-refractivity contribution is -0.0718. The number of rotatable bonds is 7. The van der Waals surface area contributed by atoms with Crippen LogP contribution in [-0.2, 0) is 11.3 Å². The molecule has 23 heavy (non-hydrogen) atoms. The summed E-state index contributed by atoms with van der Waals surface area (Å²) in [5, 5.41) is 0. The van der Waals surface area contributed by atoms with Gasteiger partial charge in [-0.1, -0.05) is 12.1 Å². The Morgan fingerprint density at radius 2 is 2.00 bits per heavy atom. The molecule has 128 valence electrons. The summed E-state index contributed by atoms with van der Waals surface area (Å²) < 4.78 is 34.9. The second kappa shape index (κ2) is 7.14. The first-order valence-corrected chi connectivity index (χ1v) is 8.42. The first-order chi connectivity index (χ1) is 11.1. The van der Waals surface area contributed by atoms with Crippen LogP contribution in [0.4, 0.5) is 8.78 Å². The van der Waals surface area contributed by atoms with Crippen LogP contribution in [0.5, 0.6) is 5.75 Å². The van der Waals surface area contributed by atoms with Crippen LogP contribution in [0.25, 0.3) is 0 Å². The molecule has 0 N–H and O–H groups in total. The fourth-order valence-corrected chi connectivity index (χ4v) is 3.86. The quantitative estimate of drug-likeness (QED) is 0.762. The van der Waals surface area contributed by atoms with Gasteiger partial charge in [0.05, 0.1) is 6.10 Å². The fraction of sp³-hybridized carbons (Fsp3) is 0.667. The van der Waals surface area contributed by atoms with Gasteiger partial charge in [-0.05, 0) is 55.8 Å². The van der Waals surface area contributed by atoms with Crippen molar-refractivity contribution in [3.8, 4) is 5.75 Å². The molecule has 1 saturated carbocycles. The van der Waals surface area contributed by atoms with Crippen molar-refractivity contribution in [2.75, 3.05) is 26.3 Å². The van der Waals surface area contributed by atoms with Crippen molar-refractivity contribution in [1.29, 1.82) is 0 Å². The minimum Gasteiger partial charge on any atom is -0.488 e. The molecular formula is C18H25F2NO2. The fourth-order valence-electron chi connectivity index (χ4n) is 3.86. The molecule has 1 aromatic carbocycles. The topological polar surface area (TPSA) is 21.7 Å². The lowest BCUT2D eigenvalue weighted by Gasteiger charge is -2.44. The Balaban J connectivity index is 1.45.